The maximum absolute atomic E-state index is 11.9. The van der Waals surface area contributed by atoms with Crippen molar-refractivity contribution in [3.05, 3.63) is 54.2 Å². The van der Waals surface area contributed by atoms with Crippen LogP contribution in [-0.2, 0) is 27.3 Å². The molecule has 7 nitrogen and oxygen atoms in total. The first-order chi connectivity index (χ1) is 12.2. The van der Waals surface area contributed by atoms with Crippen molar-refractivity contribution in [3.8, 4) is 5.75 Å². The van der Waals surface area contributed by atoms with Crippen molar-refractivity contribution < 1.29 is 27.9 Å². The van der Waals surface area contributed by atoms with Crippen LogP contribution in [0.3, 0.4) is 0 Å². The first-order valence-electron chi connectivity index (χ1n) is 7.64. The summed E-state index contributed by atoms with van der Waals surface area (Å²) in [6.45, 7) is -0.0965. The number of carbonyl (C=O) groups excluding carboxylic acids is 2. The Morgan fingerprint density at radius 2 is 2.08 bits per heavy atom. The molecule has 0 saturated heterocycles. The van der Waals surface area contributed by atoms with Gasteiger partial charge in [0.1, 0.15) is 17.1 Å². The quantitative estimate of drug-likeness (QED) is 0.663. The van der Waals surface area contributed by atoms with Gasteiger partial charge in [0, 0.05) is 17.0 Å². The SMILES string of the molecule is COc1ccc2c(CC(=O)OCC(=O)NCc3ccco3)coc2c1. The molecular weight excluding hydrogens is 326 g/mol. The summed E-state index contributed by atoms with van der Waals surface area (Å²) in [5.74, 6) is 0.391. The highest BCUT2D eigenvalue weighted by atomic mass is 16.5. The lowest BCUT2D eigenvalue weighted by molar-refractivity contribution is -0.147. The van der Waals surface area contributed by atoms with Crippen molar-refractivity contribution in [1.82, 2.24) is 5.32 Å². The number of rotatable bonds is 7. The Morgan fingerprint density at radius 1 is 1.20 bits per heavy atom. The minimum atomic E-state index is -0.508. The predicted octanol–water partition coefficient (Wildman–Crippen LogP) is 2.44. The summed E-state index contributed by atoms with van der Waals surface area (Å²) in [7, 11) is 1.57. The van der Waals surface area contributed by atoms with Gasteiger partial charge in [-0.3, -0.25) is 9.59 Å². The molecule has 0 saturated carbocycles. The molecule has 0 spiro atoms. The zero-order chi connectivity index (χ0) is 17.6. The first kappa shape index (κ1) is 16.6. The van der Waals surface area contributed by atoms with Crippen molar-refractivity contribution in [1.29, 1.82) is 0 Å². The van der Waals surface area contributed by atoms with E-state index in [-0.39, 0.29) is 19.6 Å². The number of nitrogens with one attached hydrogen (secondary N) is 1. The smallest absolute Gasteiger partial charge is 0.310 e. The van der Waals surface area contributed by atoms with Crippen LogP contribution in [0.5, 0.6) is 5.75 Å². The van der Waals surface area contributed by atoms with Crippen LogP contribution in [0.25, 0.3) is 11.0 Å². The lowest BCUT2D eigenvalue weighted by atomic mass is 10.1. The average molecular weight is 343 g/mol. The normalized spacial score (nSPS) is 10.6. The zero-order valence-corrected chi connectivity index (χ0v) is 13.6. The van der Waals surface area contributed by atoms with Crippen LogP contribution in [-0.4, -0.2) is 25.6 Å². The van der Waals surface area contributed by atoms with E-state index in [1.54, 1.807) is 31.4 Å². The topological polar surface area (TPSA) is 90.9 Å². The third-order valence-electron chi connectivity index (χ3n) is 3.60. The number of carbonyl (C=O) groups is 2. The zero-order valence-electron chi connectivity index (χ0n) is 13.6. The summed E-state index contributed by atoms with van der Waals surface area (Å²) >= 11 is 0. The largest absolute Gasteiger partial charge is 0.497 e. The lowest BCUT2D eigenvalue weighted by Crippen LogP contribution is -2.28. The molecule has 0 aliphatic rings. The van der Waals surface area contributed by atoms with E-state index in [1.807, 2.05) is 6.07 Å². The molecule has 3 rings (SSSR count). The van der Waals surface area contributed by atoms with Crippen LogP contribution in [0.2, 0.25) is 0 Å². The van der Waals surface area contributed by atoms with E-state index in [9.17, 15) is 9.59 Å². The van der Waals surface area contributed by atoms with Gasteiger partial charge in [-0.25, -0.2) is 0 Å². The lowest BCUT2D eigenvalue weighted by Gasteiger charge is -2.05. The minimum absolute atomic E-state index is 0.0186. The maximum Gasteiger partial charge on any atom is 0.310 e. The second-order valence-electron chi connectivity index (χ2n) is 5.32. The van der Waals surface area contributed by atoms with Gasteiger partial charge in [0.05, 0.1) is 32.6 Å². The first-order valence-corrected chi connectivity index (χ1v) is 7.64. The molecule has 2 aromatic heterocycles. The standard InChI is InChI=1S/C18H17NO6/c1-22-13-4-5-15-12(10-24-16(15)8-13)7-18(21)25-11-17(20)19-9-14-3-2-6-23-14/h2-6,8,10H,7,9,11H2,1H3,(H,19,20). The molecule has 0 atom stereocenters. The van der Waals surface area contributed by atoms with Gasteiger partial charge in [-0.15, -0.1) is 0 Å². The van der Waals surface area contributed by atoms with Gasteiger partial charge in [-0.1, -0.05) is 0 Å². The fourth-order valence-electron chi connectivity index (χ4n) is 2.33. The Labute approximate surface area is 143 Å². The third kappa shape index (κ3) is 4.20. The number of esters is 1. The Balaban J connectivity index is 1.50. The number of furan rings is 2. The average Bonchev–Trinajstić information content (AvgIpc) is 3.28. The Bertz CT molecular complexity index is 865. The van der Waals surface area contributed by atoms with Crippen LogP contribution in [0.1, 0.15) is 11.3 Å². The second kappa shape index (κ2) is 7.57. The number of amides is 1. The van der Waals surface area contributed by atoms with Crippen LogP contribution in [0.4, 0.5) is 0 Å². The summed E-state index contributed by atoms with van der Waals surface area (Å²) in [6.07, 6.45) is 3.04. The number of hydrogen-bond acceptors (Lipinski definition) is 6. The highest BCUT2D eigenvalue weighted by Crippen LogP contribution is 2.25. The van der Waals surface area contributed by atoms with Crippen LogP contribution >= 0.6 is 0 Å². The fraction of sp³-hybridized carbons (Fsp3) is 0.222. The summed E-state index contributed by atoms with van der Waals surface area (Å²) in [6, 6.07) is 8.81. The van der Waals surface area contributed by atoms with E-state index < -0.39 is 11.9 Å². The van der Waals surface area contributed by atoms with E-state index in [1.165, 1.54) is 12.5 Å². The number of fused-ring (bicyclic) bond motifs is 1. The molecule has 1 N–H and O–H groups in total. The van der Waals surface area contributed by atoms with E-state index >= 15 is 0 Å². The second-order valence-corrected chi connectivity index (χ2v) is 5.32. The van der Waals surface area contributed by atoms with Crippen molar-refractivity contribution in [3.63, 3.8) is 0 Å². The molecule has 7 heteroatoms. The van der Waals surface area contributed by atoms with Gasteiger partial charge < -0.3 is 23.6 Å². The van der Waals surface area contributed by atoms with Crippen molar-refractivity contribution in [2.75, 3.05) is 13.7 Å². The van der Waals surface area contributed by atoms with Gasteiger partial charge >= 0.3 is 5.97 Å². The van der Waals surface area contributed by atoms with E-state index in [0.717, 1.165) is 5.39 Å². The molecule has 0 radical (unpaired) electrons. The molecule has 2 heterocycles. The minimum Gasteiger partial charge on any atom is -0.497 e. The van der Waals surface area contributed by atoms with Crippen LogP contribution < -0.4 is 10.1 Å². The molecule has 0 aliphatic heterocycles. The highest BCUT2D eigenvalue weighted by Gasteiger charge is 2.13. The summed E-state index contributed by atoms with van der Waals surface area (Å²) in [5.41, 5.74) is 1.32. The van der Waals surface area contributed by atoms with Gasteiger partial charge in [0.2, 0.25) is 0 Å². The molecule has 0 unspecified atom stereocenters. The van der Waals surface area contributed by atoms with Gasteiger partial charge in [0.15, 0.2) is 6.61 Å². The number of ether oxygens (including phenoxy) is 2. The molecule has 0 aliphatic carbocycles. The van der Waals surface area contributed by atoms with Crippen molar-refractivity contribution in [2.24, 2.45) is 0 Å². The number of benzene rings is 1. The monoisotopic (exact) mass is 343 g/mol. The van der Waals surface area contributed by atoms with Gasteiger partial charge in [-0.2, -0.15) is 0 Å². The highest BCUT2D eigenvalue weighted by molar-refractivity contribution is 5.87. The summed E-state index contributed by atoms with van der Waals surface area (Å²) in [5, 5.41) is 3.40. The molecule has 130 valence electrons. The molecule has 25 heavy (non-hydrogen) atoms. The maximum atomic E-state index is 11.9. The Morgan fingerprint density at radius 3 is 2.84 bits per heavy atom. The van der Waals surface area contributed by atoms with Gasteiger partial charge in [0.25, 0.3) is 5.91 Å². The van der Waals surface area contributed by atoms with E-state index in [4.69, 9.17) is 18.3 Å². The van der Waals surface area contributed by atoms with Gasteiger partial charge in [-0.05, 0) is 24.3 Å². The predicted molar refractivity (Wildman–Crippen MR) is 88.0 cm³/mol. The molecule has 1 aromatic carbocycles. The van der Waals surface area contributed by atoms with Crippen molar-refractivity contribution in [2.45, 2.75) is 13.0 Å². The Hall–Kier alpha value is -3.22. The molecule has 0 bridgehead atoms. The number of hydrogen-bond donors (Lipinski definition) is 1. The molecular formula is C18H17NO6. The number of methoxy groups -OCH3 is 1. The van der Waals surface area contributed by atoms with E-state index in [2.05, 4.69) is 5.32 Å². The summed E-state index contributed by atoms with van der Waals surface area (Å²) < 4.78 is 20.6. The van der Waals surface area contributed by atoms with Crippen molar-refractivity contribution >= 4 is 22.8 Å². The molecule has 1 amide bonds. The Kier molecular flexibility index (Phi) is 5.03. The third-order valence-corrected chi connectivity index (χ3v) is 3.60. The van der Waals surface area contributed by atoms with Crippen LogP contribution in [0, 0.1) is 0 Å². The molecule has 3 aromatic rings. The van der Waals surface area contributed by atoms with Crippen LogP contribution in [0.15, 0.2) is 51.7 Å². The fourth-order valence-corrected chi connectivity index (χ4v) is 2.33. The summed E-state index contributed by atoms with van der Waals surface area (Å²) in [4.78, 5) is 23.6. The van der Waals surface area contributed by atoms with E-state index in [0.29, 0.717) is 22.7 Å². The molecule has 0 fully saturated rings.